The van der Waals surface area contributed by atoms with Crippen molar-refractivity contribution >= 4 is 15.7 Å². The molecule has 0 radical (unpaired) electrons. The van der Waals surface area contributed by atoms with Gasteiger partial charge in [-0.25, -0.2) is 8.42 Å². The van der Waals surface area contributed by atoms with Crippen LogP contribution < -0.4 is 5.32 Å². The first-order valence-electron chi connectivity index (χ1n) is 6.35. The molecule has 0 aromatic heterocycles. The van der Waals surface area contributed by atoms with Crippen molar-refractivity contribution in [1.29, 1.82) is 0 Å². The van der Waals surface area contributed by atoms with Crippen LogP contribution >= 0.6 is 0 Å². The van der Waals surface area contributed by atoms with E-state index in [1.807, 2.05) is 0 Å². The van der Waals surface area contributed by atoms with E-state index in [2.05, 4.69) is 22.2 Å². The summed E-state index contributed by atoms with van der Waals surface area (Å²) >= 11 is 0. The first-order chi connectivity index (χ1) is 8.44. The summed E-state index contributed by atoms with van der Waals surface area (Å²) in [5, 5.41) is 2.82. The number of likely N-dealkylation sites (N-methyl/N-ethyl adjacent to an activating group) is 1. The second kappa shape index (κ2) is 5.54. The summed E-state index contributed by atoms with van der Waals surface area (Å²) < 4.78 is 22.6. The van der Waals surface area contributed by atoms with Crippen molar-refractivity contribution in [3.63, 3.8) is 0 Å². The molecule has 0 bridgehead atoms. The van der Waals surface area contributed by atoms with Crippen molar-refractivity contribution in [2.24, 2.45) is 0 Å². The first kappa shape index (κ1) is 13.8. The number of piperazine rings is 1. The van der Waals surface area contributed by atoms with E-state index in [0.717, 1.165) is 26.2 Å². The third-order valence-electron chi connectivity index (χ3n) is 3.56. The molecule has 2 aliphatic heterocycles. The van der Waals surface area contributed by atoms with Gasteiger partial charge in [-0.15, -0.1) is 0 Å². The van der Waals surface area contributed by atoms with Crippen LogP contribution in [0.25, 0.3) is 0 Å². The molecule has 18 heavy (non-hydrogen) atoms. The smallest absolute Gasteiger partial charge is 0.234 e. The van der Waals surface area contributed by atoms with Gasteiger partial charge in [0.1, 0.15) is 0 Å². The van der Waals surface area contributed by atoms with Crippen LogP contribution in [0.2, 0.25) is 0 Å². The first-order valence-corrected chi connectivity index (χ1v) is 8.17. The molecule has 0 spiro atoms. The van der Waals surface area contributed by atoms with Crippen LogP contribution in [-0.4, -0.2) is 81.4 Å². The van der Waals surface area contributed by atoms with Crippen LogP contribution in [0.4, 0.5) is 0 Å². The van der Waals surface area contributed by atoms with E-state index in [1.54, 1.807) is 0 Å². The lowest BCUT2D eigenvalue weighted by Gasteiger charge is -2.32. The predicted octanol–water partition coefficient (Wildman–Crippen LogP) is -1.46. The van der Waals surface area contributed by atoms with Crippen molar-refractivity contribution in [2.45, 2.75) is 12.5 Å². The molecule has 2 saturated heterocycles. The second-order valence-corrected chi connectivity index (χ2v) is 7.48. The SMILES string of the molecule is CN1CCN(CC(=O)NC2CCS(=O)(=O)C2)CC1. The summed E-state index contributed by atoms with van der Waals surface area (Å²) in [6.45, 7) is 4.13. The third kappa shape index (κ3) is 3.93. The average molecular weight is 275 g/mol. The van der Waals surface area contributed by atoms with E-state index < -0.39 is 9.84 Å². The quantitative estimate of drug-likeness (QED) is 0.681. The molecule has 0 aliphatic carbocycles. The lowest BCUT2D eigenvalue weighted by atomic mass is 10.2. The summed E-state index contributed by atoms with van der Waals surface area (Å²) in [6.07, 6.45) is 0.552. The number of hydrogen-bond acceptors (Lipinski definition) is 5. The van der Waals surface area contributed by atoms with Gasteiger partial charge in [0.05, 0.1) is 18.1 Å². The van der Waals surface area contributed by atoms with Gasteiger partial charge in [0.15, 0.2) is 9.84 Å². The number of rotatable bonds is 3. The summed E-state index contributed by atoms with van der Waals surface area (Å²) in [5.74, 6) is 0.246. The fourth-order valence-corrected chi connectivity index (χ4v) is 4.06. The molecule has 104 valence electrons. The Labute approximate surface area is 108 Å². The number of amides is 1. The molecule has 2 aliphatic rings. The maximum atomic E-state index is 11.8. The summed E-state index contributed by atoms with van der Waals surface area (Å²) in [7, 11) is -0.846. The topological polar surface area (TPSA) is 69.7 Å². The highest BCUT2D eigenvalue weighted by atomic mass is 32.2. The van der Waals surface area contributed by atoms with Crippen molar-refractivity contribution in [3.8, 4) is 0 Å². The molecule has 2 heterocycles. The van der Waals surface area contributed by atoms with Gasteiger partial charge in [0.25, 0.3) is 0 Å². The molecule has 0 aromatic rings. The van der Waals surface area contributed by atoms with Gasteiger partial charge in [0, 0.05) is 32.2 Å². The van der Waals surface area contributed by atoms with E-state index in [1.165, 1.54) is 0 Å². The third-order valence-corrected chi connectivity index (χ3v) is 5.33. The Bertz CT molecular complexity index is 402. The monoisotopic (exact) mass is 275 g/mol. The Morgan fingerprint density at radius 3 is 2.50 bits per heavy atom. The number of hydrogen-bond donors (Lipinski definition) is 1. The zero-order valence-corrected chi connectivity index (χ0v) is 11.6. The predicted molar refractivity (Wildman–Crippen MR) is 69.1 cm³/mol. The lowest BCUT2D eigenvalue weighted by molar-refractivity contribution is -0.123. The lowest BCUT2D eigenvalue weighted by Crippen LogP contribution is -2.49. The van der Waals surface area contributed by atoms with Crippen molar-refractivity contribution in [3.05, 3.63) is 0 Å². The highest BCUT2D eigenvalue weighted by Gasteiger charge is 2.29. The minimum Gasteiger partial charge on any atom is -0.351 e. The summed E-state index contributed by atoms with van der Waals surface area (Å²) in [6, 6.07) is -0.185. The van der Waals surface area contributed by atoms with E-state index in [-0.39, 0.29) is 23.5 Å². The molecule has 6 nitrogen and oxygen atoms in total. The van der Waals surface area contributed by atoms with Gasteiger partial charge in [-0.3, -0.25) is 9.69 Å². The number of carbonyl (C=O) groups excluding carboxylic acids is 1. The Morgan fingerprint density at radius 2 is 1.94 bits per heavy atom. The minimum atomic E-state index is -2.92. The van der Waals surface area contributed by atoms with Crippen molar-refractivity contribution in [2.75, 3.05) is 51.3 Å². The highest BCUT2D eigenvalue weighted by molar-refractivity contribution is 7.91. The molecule has 2 rings (SSSR count). The molecule has 0 aromatic carbocycles. The normalized spacial score (nSPS) is 29.3. The maximum absolute atomic E-state index is 11.8. The van der Waals surface area contributed by atoms with Gasteiger partial charge in [-0.2, -0.15) is 0 Å². The average Bonchev–Trinajstić information content (AvgIpc) is 2.61. The maximum Gasteiger partial charge on any atom is 0.234 e. The Balaban J connectivity index is 1.73. The van der Waals surface area contributed by atoms with E-state index >= 15 is 0 Å². The van der Waals surface area contributed by atoms with Crippen molar-refractivity contribution < 1.29 is 13.2 Å². The fourth-order valence-electron chi connectivity index (χ4n) is 2.39. The van der Waals surface area contributed by atoms with Crippen LogP contribution in [0.1, 0.15) is 6.42 Å². The van der Waals surface area contributed by atoms with Crippen LogP contribution in [0.15, 0.2) is 0 Å². The number of carbonyl (C=O) groups is 1. The van der Waals surface area contributed by atoms with Crippen LogP contribution in [-0.2, 0) is 14.6 Å². The Hall–Kier alpha value is -0.660. The van der Waals surface area contributed by atoms with Gasteiger partial charge in [-0.1, -0.05) is 0 Å². The molecular weight excluding hydrogens is 254 g/mol. The fraction of sp³-hybridized carbons (Fsp3) is 0.909. The number of nitrogens with one attached hydrogen (secondary N) is 1. The molecular formula is C11H21N3O3S. The number of sulfone groups is 1. The van der Waals surface area contributed by atoms with Gasteiger partial charge < -0.3 is 10.2 Å². The highest BCUT2D eigenvalue weighted by Crippen LogP contribution is 2.11. The molecule has 2 fully saturated rings. The Morgan fingerprint density at radius 1 is 1.28 bits per heavy atom. The van der Waals surface area contributed by atoms with Crippen LogP contribution in [0, 0.1) is 0 Å². The number of nitrogens with zero attached hydrogens (tertiary/aromatic N) is 2. The summed E-state index contributed by atoms with van der Waals surface area (Å²) in [4.78, 5) is 16.1. The van der Waals surface area contributed by atoms with E-state index in [4.69, 9.17) is 0 Å². The second-order valence-electron chi connectivity index (χ2n) is 5.25. The molecule has 0 saturated carbocycles. The van der Waals surface area contributed by atoms with E-state index in [9.17, 15) is 13.2 Å². The molecule has 1 atom stereocenters. The molecule has 1 amide bonds. The van der Waals surface area contributed by atoms with Gasteiger partial charge in [-0.05, 0) is 13.5 Å². The van der Waals surface area contributed by atoms with Crippen LogP contribution in [0.5, 0.6) is 0 Å². The minimum absolute atomic E-state index is 0.0540. The van der Waals surface area contributed by atoms with Crippen LogP contribution in [0.3, 0.4) is 0 Å². The largest absolute Gasteiger partial charge is 0.351 e. The van der Waals surface area contributed by atoms with E-state index in [0.29, 0.717) is 13.0 Å². The van der Waals surface area contributed by atoms with Gasteiger partial charge >= 0.3 is 0 Å². The molecule has 1 unspecified atom stereocenters. The Kier molecular flexibility index (Phi) is 4.24. The van der Waals surface area contributed by atoms with Gasteiger partial charge in [0.2, 0.25) is 5.91 Å². The molecule has 1 N–H and O–H groups in total. The zero-order valence-electron chi connectivity index (χ0n) is 10.8. The molecule has 7 heteroatoms. The zero-order chi connectivity index (χ0) is 13.2. The standard InChI is InChI=1S/C11H21N3O3S/c1-13-3-5-14(6-4-13)8-11(15)12-10-2-7-18(16,17)9-10/h10H,2-9H2,1H3,(H,12,15). The van der Waals surface area contributed by atoms with Crippen molar-refractivity contribution in [1.82, 2.24) is 15.1 Å². The summed E-state index contributed by atoms with van der Waals surface area (Å²) in [5.41, 5.74) is 0.